The van der Waals surface area contributed by atoms with Crippen LogP contribution < -0.4 is 0 Å². The van der Waals surface area contributed by atoms with Gasteiger partial charge in [-0.05, 0) is 0 Å². The minimum absolute atomic E-state index is 0. The van der Waals surface area contributed by atoms with E-state index in [0.29, 0.717) is 0 Å². The standard InChI is InChI=1S/NO3.3H2O.Pb.2H/c2-1(3)4;;;;;;/h;3*1H2;;;/q-1;;;;;;. The molecule has 0 fully saturated rings. The van der Waals surface area contributed by atoms with Gasteiger partial charge in [-0.25, -0.2) is 0 Å². The number of hydrogen-bond acceptors (Lipinski definition) is 3. The van der Waals surface area contributed by atoms with Crippen molar-refractivity contribution >= 4 is 27.3 Å². The van der Waals surface area contributed by atoms with Crippen LogP contribution in [0.15, 0.2) is 0 Å². The van der Waals surface area contributed by atoms with Gasteiger partial charge in [0.25, 0.3) is 0 Å². The van der Waals surface area contributed by atoms with Crippen LogP contribution in [0.4, 0.5) is 0 Å². The third kappa shape index (κ3) is 34800000. The SMILES string of the molecule is O.O.O.O=[N+]([O-])[O-].[PbH2]. The minimum atomic E-state index is -1.75. The quantitative estimate of drug-likeness (QED) is 0.256. The van der Waals surface area contributed by atoms with E-state index in [4.69, 9.17) is 15.3 Å². The number of rotatable bonds is 0. The van der Waals surface area contributed by atoms with Crippen molar-refractivity contribution in [1.82, 2.24) is 0 Å². The molecule has 2 radical (unpaired) electrons. The summed E-state index contributed by atoms with van der Waals surface area (Å²) in [5.74, 6) is 0. The first-order chi connectivity index (χ1) is 1.73. The Morgan fingerprint density at radius 1 is 1.00 bits per heavy atom. The molecular weight excluding hydrogens is 317 g/mol. The zero-order valence-corrected chi connectivity index (χ0v) is 9.38. The molecule has 0 rings (SSSR count). The molecular formula is H8NO6Pb-. The van der Waals surface area contributed by atoms with E-state index in [1.807, 2.05) is 0 Å². The first kappa shape index (κ1) is 43.5. The molecule has 0 spiro atoms. The van der Waals surface area contributed by atoms with E-state index in [0.717, 1.165) is 0 Å². The van der Waals surface area contributed by atoms with Crippen molar-refractivity contribution < 1.29 is 21.5 Å². The van der Waals surface area contributed by atoms with Crippen molar-refractivity contribution in [1.29, 1.82) is 0 Å². The van der Waals surface area contributed by atoms with Crippen LogP contribution in [0.25, 0.3) is 0 Å². The summed E-state index contributed by atoms with van der Waals surface area (Å²) in [6.45, 7) is 0. The Labute approximate surface area is 64.5 Å². The third-order valence-electron chi connectivity index (χ3n) is 0. The molecule has 0 aliphatic heterocycles. The average molecular weight is 325 g/mol. The van der Waals surface area contributed by atoms with Gasteiger partial charge < -0.3 is 31.8 Å². The summed E-state index contributed by atoms with van der Waals surface area (Å²) in [5, 5.41) is 14.8. The van der Waals surface area contributed by atoms with Gasteiger partial charge in [0.15, 0.2) is 0 Å². The van der Waals surface area contributed by atoms with Crippen LogP contribution in [-0.2, 0) is 0 Å². The number of nitrogens with zero attached hydrogens (tertiary/aromatic N) is 1. The van der Waals surface area contributed by atoms with Gasteiger partial charge in [0.05, 0.1) is 5.09 Å². The van der Waals surface area contributed by atoms with Gasteiger partial charge in [0.2, 0.25) is 0 Å². The molecule has 0 saturated carbocycles. The van der Waals surface area contributed by atoms with Crippen molar-refractivity contribution in [2.45, 2.75) is 0 Å². The molecule has 0 amide bonds. The Hall–Kier alpha value is 0.00208. The molecule has 0 bridgehead atoms. The summed E-state index contributed by atoms with van der Waals surface area (Å²) in [6, 6.07) is 0. The van der Waals surface area contributed by atoms with E-state index in [9.17, 15) is 0 Å². The first-order valence-corrected chi connectivity index (χ1v) is 0.548. The van der Waals surface area contributed by atoms with Crippen molar-refractivity contribution in [3.63, 3.8) is 0 Å². The van der Waals surface area contributed by atoms with Gasteiger partial charge in [-0.1, -0.05) is 0 Å². The van der Waals surface area contributed by atoms with Crippen LogP contribution in [0, 0.1) is 15.3 Å². The Bertz CT molecular complexity index is 31.5. The van der Waals surface area contributed by atoms with E-state index in [1.165, 1.54) is 0 Å². The molecule has 0 heterocycles. The van der Waals surface area contributed by atoms with E-state index in [1.54, 1.807) is 0 Å². The summed E-state index contributed by atoms with van der Waals surface area (Å²) in [5.41, 5.74) is 0. The molecule has 6 N–H and O–H groups in total. The Balaban J connectivity index is -0.00000000750. The molecule has 0 unspecified atom stereocenters. The van der Waals surface area contributed by atoms with Gasteiger partial charge in [-0.3, -0.25) is 0 Å². The fourth-order valence-corrected chi connectivity index (χ4v) is 0. The van der Waals surface area contributed by atoms with Crippen LogP contribution in [-0.4, -0.2) is 48.8 Å². The van der Waals surface area contributed by atoms with E-state index >= 15 is 0 Å². The molecule has 0 saturated heterocycles. The summed E-state index contributed by atoms with van der Waals surface area (Å²) in [6.07, 6.45) is 0. The normalized spacial score (nSPS) is 3.00. The maximum atomic E-state index is 8.25. The summed E-state index contributed by atoms with van der Waals surface area (Å²) in [4.78, 5) is 8.25. The molecule has 8 heavy (non-hydrogen) atoms. The van der Waals surface area contributed by atoms with E-state index in [-0.39, 0.29) is 43.7 Å². The molecule has 0 aromatic carbocycles. The summed E-state index contributed by atoms with van der Waals surface area (Å²) < 4.78 is 0. The third-order valence-corrected chi connectivity index (χ3v) is 0. The summed E-state index contributed by atoms with van der Waals surface area (Å²) >= 11 is 0. The second kappa shape index (κ2) is 28.0. The zero-order valence-electron chi connectivity index (χ0n) is 3.88. The molecule has 7 nitrogen and oxygen atoms in total. The Morgan fingerprint density at radius 3 is 1.00 bits per heavy atom. The van der Waals surface area contributed by atoms with Crippen molar-refractivity contribution in [3.05, 3.63) is 15.3 Å². The fraction of sp³-hybridized carbons (Fsp3) is 0. The van der Waals surface area contributed by atoms with Crippen LogP contribution >= 0.6 is 0 Å². The first-order valence-electron chi connectivity index (χ1n) is 0.548. The van der Waals surface area contributed by atoms with E-state index in [2.05, 4.69) is 0 Å². The average Bonchev–Trinajstić information content (AvgIpc) is 0.811. The van der Waals surface area contributed by atoms with Gasteiger partial charge in [-0.15, -0.1) is 0 Å². The predicted molar refractivity (Wildman–Crippen MR) is 29.7 cm³/mol. The molecule has 0 aliphatic carbocycles. The van der Waals surface area contributed by atoms with Crippen molar-refractivity contribution in [2.75, 3.05) is 0 Å². The van der Waals surface area contributed by atoms with Gasteiger partial charge >= 0.3 is 27.3 Å². The van der Waals surface area contributed by atoms with Crippen molar-refractivity contribution in [3.8, 4) is 0 Å². The van der Waals surface area contributed by atoms with Gasteiger partial charge in [0.1, 0.15) is 0 Å². The molecule has 0 atom stereocenters. The topological polar surface area (TPSA) is 161 Å². The molecule has 8 heteroatoms. The molecule has 54 valence electrons. The Morgan fingerprint density at radius 2 is 1.00 bits per heavy atom. The summed E-state index contributed by atoms with van der Waals surface area (Å²) in [7, 11) is 0. The molecule has 0 aromatic rings. The van der Waals surface area contributed by atoms with Crippen molar-refractivity contribution in [2.24, 2.45) is 0 Å². The van der Waals surface area contributed by atoms with Crippen LogP contribution in [0.2, 0.25) is 0 Å². The van der Waals surface area contributed by atoms with Gasteiger partial charge in [0, 0.05) is 0 Å². The number of hydrogen-bond donors (Lipinski definition) is 0. The monoisotopic (exact) mass is 326 g/mol. The zero-order chi connectivity index (χ0) is 3.58. The maximum absolute atomic E-state index is 8.25. The van der Waals surface area contributed by atoms with E-state index < -0.39 is 5.09 Å². The van der Waals surface area contributed by atoms with Gasteiger partial charge in [-0.2, -0.15) is 0 Å². The molecule has 0 aromatic heterocycles. The Kier molecular flexibility index (Phi) is 152. The van der Waals surface area contributed by atoms with Crippen LogP contribution in [0.3, 0.4) is 0 Å². The van der Waals surface area contributed by atoms with Crippen LogP contribution in [0.1, 0.15) is 0 Å². The van der Waals surface area contributed by atoms with Crippen LogP contribution in [0.5, 0.6) is 0 Å². The second-order valence-electron chi connectivity index (χ2n) is 0.224. The second-order valence-corrected chi connectivity index (χ2v) is 0.224. The fourth-order valence-electron chi connectivity index (χ4n) is 0. The molecule has 0 aliphatic rings. The predicted octanol–water partition coefficient (Wildman–Crippen LogP) is -3.63.